The summed E-state index contributed by atoms with van der Waals surface area (Å²) in [6, 6.07) is 1.68. The van der Waals surface area contributed by atoms with E-state index in [4.69, 9.17) is 23.1 Å². The molecule has 0 saturated carbocycles. The molecule has 0 aliphatic carbocycles. The molecule has 4 atom stereocenters. The van der Waals surface area contributed by atoms with E-state index in [-0.39, 0.29) is 15.8 Å². The third-order valence-electron chi connectivity index (χ3n) is 4.16. The van der Waals surface area contributed by atoms with Crippen LogP contribution in [-0.2, 0) is 33.3 Å². The van der Waals surface area contributed by atoms with E-state index in [1.54, 1.807) is 0 Å². The van der Waals surface area contributed by atoms with Crippen LogP contribution in [0.2, 0.25) is 0 Å². The van der Waals surface area contributed by atoms with Crippen LogP contribution in [0.1, 0.15) is 31.0 Å². The zero-order valence-electron chi connectivity index (χ0n) is 18.2. The van der Waals surface area contributed by atoms with Gasteiger partial charge < -0.3 is 18.9 Å². The average Bonchev–Trinajstić information content (AvgIpc) is 3.10. The summed E-state index contributed by atoms with van der Waals surface area (Å²) in [5, 5.41) is 0. The van der Waals surface area contributed by atoms with Gasteiger partial charge in [0.25, 0.3) is 0 Å². The molecule has 1 unspecified atom stereocenters. The van der Waals surface area contributed by atoms with Gasteiger partial charge in [-0.15, -0.1) is 0 Å². The van der Waals surface area contributed by atoms with Crippen LogP contribution in [0.4, 0.5) is 8.78 Å². The highest BCUT2D eigenvalue weighted by atomic mass is 79.9. The van der Waals surface area contributed by atoms with E-state index in [9.17, 15) is 23.2 Å². The lowest BCUT2D eigenvalue weighted by molar-refractivity contribution is -0.239. The van der Waals surface area contributed by atoms with Crippen LogP contribution in [0.5, 0.6) is 0 Å². The van der Waals surface area contributed by atoms with Gasteiger partial charge >= 0.3 is 17.9 Å². The second-order valence-corrected chi connectivity index (χ2v) is 6.88. The summed E-state index contributed by atoms with van der Waals surface area (Å²) in [4.78, 5) is 39.7. The Labute approximate surface area is 181 Å². The number of rotatable bonds is 4. The Hall–Kier alpha value is -2.60. The van der Waals surface area contributed by atoms with Crippen molar-refractivity contribution in [2.24, 2.45) is 0 Å². The molecular weight excluding hydrogens is 474 g/mol. The summed E-state index contributed by atoms with van der Waals surface area (Å²) in [5.41, 5.74) is 0.0577. The van der Waals surface area contributed by atoms with Crippen molar-refractivity contribution >= 4 is 44.9 Å². The molecule has 1 aliphatic rings. The van der Waals surface area contributed by atoms with Gasteiger partial charge in [-0.05, 0) is 15.9 Å². The Bertz CT molecular complexity index is 1070. The predicted octanol–water partition coefficient (Wildman–Crippen LogP) is 2.40. The van der Waals surface area contributed by atoms with Crippen molar-refractivity contribution in [1.29, 1.82) is 0 Å². The number of hydrogen-bond acceptors (Lipinski definition) is 8. The van der Waals surface area contributed by atoms with Crippen molar-refractivity contribution in [3.8, 4) is 0 Å². The van der Waals surface area contributed by atoms with E-state index < -0.39 is 81.4 Å². The van der Waals surface area contributed by atoms with E-state index in [0.717, 1.165) is 12.1 Å². The van der Waals surface area contributed by atoms with E-state index in [1.807, 2.05) is 0 Å². The number of ether oxygens (including phenoxy) is 4. The first-order valence-corrected chi connectivity index (χ1v) is 9.09. The smallest absolute Gasteiger partial charge is 0.303 e. The Morgan fingerprint density at radius 1 is 1.10 bits per heavy atom. The summed E-state index contributed by atoms with van der Waals surface area (Å²) in [7, 11) is 0. The molecule has 0 bridgehead atoms. The third kappa shape index (κ3) is 4.43. The van der Waals surface area contributed by atoms with Crippen LogP contribution < -0.4 is 0 Å². The third-order valence-corrected chi connectivity index (χ3v) is 4.72. The van der Waals surface area contributed by atoms with E-state index in [0.29, 0.717) is 0 Å². The fraction of sp³-hybridized carbons (Fsp3) is 0.444. The minimum Gasteiger partial charge on any atom is -0.456 e. The van der Waals surface area contributed by atoms with Crippen molar-refractivity contribution in [3.05, 3.63) is 28.5 Å². The van der Waals surface area contributed by atoms with Crippen LogP contribution in [0, 0.1) is 11.6 Å². The van der Waals surface area contributed by atoms with Gasteiger partial charge in [0.15, 0.2) is 40.9 Å². The fourth-order valence-electron chi connectivity index (χ4n) is 3.12. The SMILES string of the molecule is [2H]CC(=O)O[C@@H]1[C@H](OC(=O)C[2H])COC(n2c(Br)nc3cc(F)c(F)cc32)[C@@H]1OC(=O)C[2H]. The van der Waals surface area contributed by atoms with E-state index >= 15 is 0 Å². The van der Waals surface area contributed by atoms with Crippen LogP contribution in [0.15, 0.2) is 16.9 Å². The molecule has 0 spiro atoms. The van der Waals surface area contributed by atoms with Gasteiger partial charge in [0.2, 0.25) is 0 Å². The Morgan fingerprint density at radius 3 is 2.37 bits per heavy atom. The van der Waals surface area contributed by atoms with Gasteiger partial charge in [-0.25, -0.2) is 13.8 Å². The molecule has 2 aromatic rings. The molecule has 162 valence electrons. The minimum atomic E-state index is -1.54. The highest BCUT2D eigenvalue weighted by molar-refractivity contribution is 9.10. The lowest BCUT2D eigenvalue weighted by Gasteiger charge is -2.41. The minimum absolute atomic E-state index is 0.0200. The molecule has 1 saturated heterocycles. The largest absolute Gasteiger partial charge is 0.456 e. The Kier molecular flexibility index (Phi) is 5.24. The standard InChI is InChI=1S/C18H17BrF2N2O7/c1-7(24)28-14-6-27-17(16(30-9(3)26)15(14)29-8(2)25)23-13-5-11(21)10(20)4-12(13)22-18(23)19/h4-5,14-17H,6H2,1-3H3/t14-,15-,16-,17?/m1/s1/i1D,2D,3D. The van der Waals surface area contributed by atoms with Gasteiger partial charge in [-0.3, -0.25) is 19.0 Å². The van der Waals surface area contributed by atoms with Crippen molar-refractivity contribution in [2.45, 2.75) is 45.2 Å². The van der Waals surface area contributed by atoms with Gasteiger partial charge in [-0.1, -0.05) is 0 Å². The van der Waals surface area contributed by atoms with E-state index in [2.05, 4.69) is 20.9 Å². The molecule has 30 heavy (non-hydrogen) atoms. The molecule has 0 radical (unpaired) electrons. The number of fused-ring (bicyclic) bond motifs is 1. The van der Waals surface area contributed by atoms with E-state index in [1.165, 1.54) is 4.57 Å². The second-order valence-electron chi connectivity index (χ2n) is 6.17. The zero-order valence-corrected chi connectivity index (χ0v) is 16.8. The maximum absolute atomic E-state index is 14.0. The van der Waals surface area contributed by atoms with Crippen LogP contribution in [-0.4, -0.2) is 52.4 Å². The number of esters is 3. The molecule has 1 aromatic carbocycles. The topological polar surface area (TPSA) is 106 Å². The number of carbonyl (C=O) groups is 3. The van der Waals surface area contributed by atoms with Gasteiger partial charge in [0, 0.05) is 36.9 Å². The maximum Gasteiger partial charge on any atom is 0.303 e. The zero-order chi connectivity index (χ0) is 24.3. The monoisotopic (exact) mass is 493 g/mol. The van der Waals surface area contributed by atoms with Gasteiger partial charge in [-0.2, -0.15) is 0 Å². The normalized spacial score (nSPS) is 25.1. The number of hydrogen-bond donors (Lipinski definition) is 0. The quantitative estimate of drug-likeness (QED) is 0.472. The number of benzene rings is 1. The molecular formula is C18H17BrF2N2O7. The van der Waals surface area contributed by atoms with Gasteiger partial charge in [0.1, 0.15) is 0 Å². The molecule has 1 aromatic heterocycles. The first-order valence-electron chi connectivity index (χ1n) is 10.4. The van der Waals surface area contributed by atoms with Crippen LogP contribution in [0.3, 0.4) is 0 Å². The summed E-state index contributed by atoms with van der Waals surface area (Å²) in [6.45, 7) is -2.77. The summed E-state index contributed by atoms with van der Waals surface area (Å²) >= 11 is 3.16. The molecule has 12 heteroatoms. The molecule has 1 aliphatic heterocycles. The lowest BCUT2D eigenvalue weighted by Crippen LogP contribution is -2.55. The van der Waals surface area contributed by atoms with Crippen molar-refractivity contribution in [3.63, 3.8) is 0 Å². The van der Waals surface area contributed by atoms with Crippen LogP contribution in [0.25, 0.3) is 11.0 Å². The summed E-state index contributed by atoms with van der Waals surface area (Å²) in [5.74, 6) is -5.41. The Morgan fingerprint density at radius 2 is 1.70 bits per heavy atom. The highest BCUT2D eigenvalue weighted by Gasteiger charge is 2.48. The average molecular weight is 494 g/mol. The summed E-state index contributed by atoms with van der Waals surface area (Å²) < 4.78 is 71.7. The molecule has 0 amide bonds. The van der Waals surface area contributed by atoms with Crippen molar-refractivity contribution in [1.82, 2.24) is 9.55 Å². The van der Waals surface area contributed by atoms with Crippen LogP contribution >= 0.6 is 15.9 Å². The van der Waals surface area contributed by atoms with Crippen molar-refractivity contribution < 1.29 is 46.2 Å². The molecule has 2 heterocycles. The number of nitrogens with zero attached hydrogens (tertiary/aromatic N) is 2. The van der Waals surface area contributed by atoms with Gasteiger partial charge in [0.05, 0.1) is 17.6 Å². The lowest BCUT2D eigenvalue weighted by atomic mass is 10.0. The maximum atomic E-state index is 14.0. The number of halogens is 3. The predicted molar refractivity (Wildman–Crippen MR) is 99.0 cm³/mol. The number of carbonyl (C=O) groups excluding carboxylic acids is 3. The molecule has 9 nitrogen and oxygen atoms in total. The fourth-order valence-corrected chi connectivity index (χ4v) is 3.71. The van der Waals surface area contributed by atoms with Crippen molar-refractivity contribution in [2.75, 3.05) is 6.61 Å². The number of imidazole rings is 1. The first kappa shape index (κ1) is 18.2. The number of aromatic nitrogens is 2. The summed E-state index contributed by atoms with van der Waals surface area (Å²) in [6.07, 6.45) is -5.71. The molecule has 0 N–H and O–H groups in total. The second kappa shape index (κ2) is 8.64. The Balaban J connectivity index is 2.10. The molecule has 3 rings (SSSR count). The molecule has 1 fully saturated rings. The first-order chi connectivity index (χ1) is 15.7. The highest BCUT2D eigenvalue weighted by Crippen LogP contribution is 2.36.